The van der Waals surface area contributed by atoms with Crippen molar-refractivity contribution < 1.29 is 5.11 Å². The lowest BCUT2D eigenvalue weighted by Gasteiger charge is -2.30. The molecule has 3 nitrogen and oxygen atoms in total. The Morgan fingerprint density at radius 1 is 1.18 bits per heavy atom. The van der Waals surface area contributed by atoms with E-state index in [1.165, 1.54) is 12.1 Å². The van der Waals surface area contributed by atoms with Gasteiger partial charge in [-0.25, -0.2) is 0 Å². The van der Waals surface area contributed by atoms with Gasteiger partial charge in [0.15, 0.2) is 0 Å². The summed E-state index contributed by atoms with van der Waals surface area (Å²) in [7, 11) is 0. The number of aliphatic hydroxyl groups is 1. The number of nitrogens with zero attached hydrogens (tertiary/aromatic N) is 1. The third-order valence-electron chi connectivity index (χ3n) is 3.70. The Kier molecular flexibility index (Phi) is 2.77. The van der Waals surface area contributed by atoms with Crippen LogP contribution in [0, 0.1) is 0 Å². The lowest BCUT2D eigenvalue weighted by atomic mass is 9.92. The van der Waals surface area contributed by atoms with Crippen molar-refractivity contribution in [1.82, 2.24) is 9.55 Å². The molecule has 0 amide bonds. The van der Waals surface area contributed by atoms with Crippen LogP contribution in [0.1, 0.15) is 31.7 Å². The molecule has 2 aromatic rings. The maximum atomic E-state index is 10.1. The number of aliphatic hydroxyl groups excluding tert-OH is 1. The van der Waals surface area contributed by atoms with Crippen molar-refractivity contribution in [3.63, 3.8) is 0 Å². The van der Waals surface area contributed by atoms with Gasteiger partial charge in [0.2, 0.25) is 0 Å². The van der Waals surface area contributed by atoms with Crippen LogP contribution < -0.4 is 0 Å². The quantitative estimate of drug-likeness (QED) is 0.818. The standard InChI is InChI=1S/C14H18N2O/c17-14-8-2-1-6-13(14)16-10-4-7-12(16)11-5-3-9-15-11/h3-5,7,9-10,13-15,17H,1-2,6,8H2. The fourth-order valence-corrected chi connectivity index (χ4v) is 2.82. The second-order valence-corrected chi connectivity index (χ2v) is 4.80. The molecule has 3 rings (SSSR count). The minimum absolute atomic E-state index is 0.204. The first-order valence-electron chi connectivity index (χ1n) is 6.35. The second kappa shape index (κ2) is 4.41. The second-order valence-electron chi connectivity index (χ2n) is 4.80. The fraction of sp³-hybridized carbons (Fsp3) is 0.429. The average Bonchev–Trinajstić information content (AvgIpc) is 3.00. The Morgan fingerprint density at radius 2 is 2.06 bits per heavy atom. The van der Waals surface area contributed by atoms with Gasteiger partial charge in [-0.3, -0.25) is 0 Å². The smallest absolute Gasteiger partial charge is 0.0747 e. The van der Waals surface area contributed by atoms with E-state index in [2.05, 4.69) is 33.9 Å². The molecular formula is C14H18N2O. The molecular weight excluding hydrogens is 212 g/mol. The zero-order chi connectivity index (χ0) is 11.7. The van der Waals surface area contributed by atoms with E-state index in [0.717, 1.165) is 25.0 Å². The molecule has 1 aliphatic rings. The van der Waals surface area contributed by atoms with E-state index in [9.17, 15) is 5.11 Å². The Balaban J connectivity index is 1.95. The highest BCUT2D eigenvalue weighted by Crippen LogP contribution is 2.32. The van der Waals surface area contributed by atoms with E-state index in [4.69, 9.17) is 0 Å². The molecule has 0 aromatic carbocycles. The van der Waals surface area contributed by atoms with E-state index in [1.807, 2.05) is 12.3 Å². The summed E-state index contributed by atoms with van der Waals surface area (Å²) in [4.78, 5) is 3.23. The molecule has 3 heteroatoms. The molecule has 2 unspecified atom stereocenters. The third-order valence-corrected chi connectivity index (χ3v) is 3.70. The van der Waals surface area contributed by atoms with Crippen molar-refractivity contribution in [3.8, 4) is 11.4 Å². The minimum atomic E-state index is -0.204. The highest BCUT2D eigenvalue weighted by atomic mass is 16.3. The molecule has 0 saturated heterocycles. The molecule has 0 spiro atoms. The summed E-state index contributed by atoms with van der Waals surface area (Å²) in [5, 5.41) is 10.1. The summed E-state index contributed by atoms with van der Waals surface area (Å²) in [6.07, 6.45) is 8.17. The lowest BCUT2D eigenvalue weighted by molar-refractivity contribution is 0.0764. The van der Waals surface area contributed by atoms with Crippen LogP contribution >= 0.6 is 0 Å². The predicted octanol–water partition coefficient (Wildman–Crippen LogP) is 2.96. The van der Waals surface area contributed by atoms with Gasteiger partial charge in [-0.15, -0.1) is 0 Å². The first-order chi connectivity index (χ1) is 8.36. The van der Waals surface area contributed by atoms with E-state index in [-0.39, 0.29) is 12.1 Å². The van der Waals surface area contributed by atoms with Crippen molar-refractivity contribution >= 4 is 0 Å². The summed E-state index contributed by atoms with van der Waals surface area (Å²) >= 11 is 0. The third kappa shape index (κ3) is 1.91. The maximum absolute atomic E-state index is 10.1. The van der Waals surface area contributed by atoms with Crippen molar-refractivity contribution in [1.29, 1.82) is 0 Å². The first-order valence-corrected chi connectivity index (χ1v) is 6.35. The molecule has 0 aliphatic heterocycles. The molecule has 90 valence electrons. The summed E-state index contributed by atoms with van der Waals surface area (Å²) in [6.45, 7) is 0. The SMILES string of the molecule is OC1CCCCC1n1cccc1-c1ccc[nH]1. The van der Waals surface area contributed by atoms with Crippen LogP contribution in [-0.4, -0.2) is 20.8 Å². The Hall–Kier alpha value is -1.48. The van der Waals surface area contributed by atoms with Gasteiger partial charge in [0.25, 0.3) is 0 Å². The van der Waals surface area contributed by atoms with Crippen LogP contribution in [0.2, 0.25) is 0 Å². The highest BCUT2D eigenvalue weighted by molar-refractivity contribution is 5.55. The van der Waals surface area contributed by atoms with E-state index < -0.39 is 0 Å². The van der Waals surface area contributed by atoms with Crippen LogP contribution in [0.3, 0.4) is 0 Å². The Morgan fingerprint density at radius 3 is 2.82 bits per heavy atom. The van der Waals surface area contributed by atoms with Gasteiger partial charge in [-0.1, -0.05) is 12.8 Å². The fourth-order valence-electron chi connectivity index (χ4n) is 2.82. The molecule has 1 aliphatic carbocycles. The Bertz CT molecular complexity index is 472. The first kappa shape index (κ1) is 10.7. The number of rotatable bonds is 2. The maximum Gasteiger partial charge on any atom is 0.0747 e. The molecule has 1 saturated carbocycles. The number of aromatic nitrogens is 2. The van der Waals surface area contributed by atoms with Gasteiger partial charge >= 0.3 is 0 Å². The number of aromatic amines is 1. The van der Waals surface area contributed by atoms with Gasteiger partial charge in [-0.2, -0.15) is 0 Å². The van der Waals surface area contributed by atoms with Gasteiger partial charge in [0, 0.05) is 12.4 Å². The van der Waals surface area contributed by atoms with Gasteiger partial charge in [-0.05, 0) is 37.1 Å². The van der Waals surface area contributed by atoms with Crippen molar-refractivity contribution in [2.75, 3.05) is 0 Å². The summed E-state index contributed by atoms with van der Waals surface area (Å²) in [6, 6.07) is 8.47. The van der Waals surface area contributed by atoms with Crippen molar-refractivity contribution in [3.05, 3.63) is 36.7 Å². The van der Waals surface area contributed by atoms with Crippen LogP contribution in [0.5, 0.6) is 0 Å². The van der Waals surface area contributed by atoms with Crippen LogP contribution in [0.4, 0.5) is 0 Å². The predicted molar refractivity (Wildman–Crippen MR) is 67.7 cm³/mol. The summed E-state index contributed by atoms with van der Waals surface area (Å²) in [5.41, 5.74) is 2.29. The zero-order valence-electron chi connectivity index (χ0n) is 9.84. The number of nitrogens with one attached hydrogen (secondary N) is 1. The molecule has 2 N–H and O–H groups in total. The zero-order valence-corrected chi connectivity index (χ0v) is 9.84. The van der Waals surface area contributed by atoms with Crippen LogP contribution in [0.15, 0.2) is 36.7 Å². The summed E-state index contributed by atoms with van der Waals surface area (Å²) < 4.78 is 2.22. The average molecular weight is 230 g/mol. The molecule has 0 radical (unpaired) electrons. The molecule has 2 atom stereocenters. The molecule has 0 bridgehead atoms. The highest BCUT2D eigenvalue weighted by Gasteiger charge is 2.25. The number of H-pyrrole nitrogens is 1. The number of hydrogen-bond acceptors (Lipinski definition) is 1. The van der Waals surface area contributed by atoms with E-state index in [1.54, 1.807) is 0 Å². The monoisotopic (exact) mass is 230 g/mol. The Labute approximate surface area is 101 Å². The van der Waals surface area contributed by atoms with E-state index in [0.29, 0.717) is 0 Å². The topological polar surface area (TPSA) is 41.0 Å². The van der Waals surface area contributed by atoms with Crippen LogP contribution in [-0.2, 0) is 0 Å². The van der Waals surface area contributed by atoms with Crippen molar-refractivity contribution in [2.24, 2.45) is 0 Å². The largest absolute Gasteiger partial charge is 0.391 e. The molecule has 17 heavy (non-hydrogen) atoms. The van der Waals surface area contributed by atoms with Gasteiger partial charge < -0.3 is 14.7 Å². The van der Waals surface area contributed by atoms with E-state index >= 15 is 0 Å². The molecule has 2 aromatic heterocycles. The normalized spacial score (nSPS) is 25.0. The number of hydrogen-bond donors (Lipinski definition) is 2. The van der Waals surface area contributed by atoms with Gasteiger partial charge in [0.05, 0.1) is 23.5 Å². The molecule has 1 fully saturated rings. The summed E-state index contributed by atoms with van der Waals surface area (Å²) in [5.74, 6) is 0. The lowest BCUT2D eigenvalue weighted by Crippen LogP contribution is -2.27. The minimum Gasteiger partial charge on any atom is -0.391 e. The van der Waals surface area contributed by atoms with Crippen molar-refractivity contribution in [2.45, 2.75) is 37.8 Å². The molecule has 2 heterocycles. The van der Waals surface area contributed by atoms with Crippen LogP contribution in [0.25, 0.3) is 11.4 Å². The van der Waals surface area contributed by atoms with Gasteiger partial charge in [0.1, 0.15) is 0 Å².